The smallest absolute Gasteiger partial charge is 0.129 e. The van der Waals surface area contributed by atoms with E-state index in [-0.39, 0.29) is 0 Å². The molecule has 234 valence electrons. The molecule has 1 heterocycles. The minimum absolute atomic E-state index is 0.730. The Morgan fingerprint density at radius 2 is 1.47 bits per heavy atom. The lowest BCUT2D eigenvalue weighted by atomic mass is 9.94. The van der Waals surface area contributed by atoms with E-state index >= 15 is 0 Å². The summed E-state index contributed by atoms with van der Waals surface area (Å²) >= 11 is 0. The second-order valence-corrected chi connectivity index (χ2v) is 11.6. The molecule has 5 nitrogen and oxygen atoms in total. The van der Waals surface area contributed by atoms with Crippen molar-refractivity contribution in [2.24, 2.45) is 0 Å². The molecule has 2 N–H and O–H groups in total. The van der Waals surface area contributed by atoms with Gasteiger partial charge in [0.1, 0.15) is 11.5 Å². The molecular weight excluding hydrogens is 601 g/mol. The molecule has 0 atom stereocenters. The average molecular weight is 633 g/mol. The van der Waals surface area contributed by atoms with Crippen molar-refractivity contribution in [3.63, 3.8) is 0 Å². The number of allylic oxidation sites excluding steroid dienone is 5. The zero-order valence-corrected chi connectivity index (χ0v) is 26.6. The Bertz CT molecular complexity index is 2400. The van der Waals surface area contributed by atoms with E-state index < -0.39 is 0 Å². The predicted octanol–water partition coefficient (Wildman–Crippen LogP) is 11.6. The van der Waals surface area contributed by atoms with Crippen molar-refractivity contribution >= 4 is 39.1 Å². The number of rotatable bonds is 9. The van der Waals surface area contributed by atoms with Gasteiger partial charge in [0.2, 0.25) is 0 Å². The fraction of sp³-hybridized carbons (Fsp3) is 0. The number of nitrogens with one attached hydrogen (secondary N) is 2. The van der Waals surface area contributed by atoms with Gasteiger partial charge in [-0.05, 0) is 65.1 Å². The first-order valence-corrected chi connectivity index (χ1v) is 16.2. The van der Waals surface area contributed by atoms with Crippen LogP contribution >= 0.6 is 0 Å². The van der Waals surface area contributed by atoms with Crippen LogP contribution in [0.5, 0.6) is 11.5 Å². The molecular formula is C44H32N4O. The molecule has 0 spiro atoms. The number of fused-ring (bicyclic) bond motifs is 1. The normalized spacial score (nSPS) is 12.0. The second-order valence-electron chi connectivity index (χ2n) is 11.6. The highest BCUT2D eigenvalue weighted by atomic mass is 16.5. The number of ether oxygens (including phenoxy) is 1. The lowest BCUT2D eigenvalue weighted by Crippen LogP contribution is -2.03. The number of hydrogen-bond acceptors (Lipinski definition) is 4. The summed E-state index contributed by atoms with van der Waals surface area (Å²) in [5.74, 6) is 1.47. The number of aromatic nitrogens is 2. The predicted molar refractivity (Wildman–Crippen MR) is 202 cm³/mol. The van der Waals surface area contributed by atoms with Crippen molar-refractivity contribution in [1.29, 1.82) is 0 Å². The summed E-state index contributed by atoms with van der Waals surface area (Å²) in [7, 11) is 0. The minimum atomic E-state index is 0.730. The molecule has 0 aliphatic heterocycles. The van der Waals surface area contributed by atoms with Gasteiger partial charge in [0.25, 0.3) is 0 Å². The first-order chi connectivity index (χ1) is 24.3. The summed E-state index contributed by atoms with van der Waals surface area (Å²) < 4.78 is 8.29. The molecule has 8 rings (SSSR count). The summed E-state index contributed by atoms with van der Waals surface area (Å²) in [6, 6.07) is 45.8. The van der Waals surface area contributed by atoms with Gasteiger partial charge in [-0.1, -0.05) is 103 Å². The summed E-state index contributed by atoms with van der Waals surface area (Å²) in [5.41, 5.74) is 12.5. The largest absolute Gasteiger partial charge is 0.457 e. The Balaban J connectivity index is 1.19. The van der Waals surface area contributed by atoms with Gasteiger partial charge in [0.05, 0.1) is 29.1 Å². The van der Waals surface area contributed by atoms with Gasteiger partial charge < -0.3 is 19.9 Å². The van der Waals surface area contributed by atoms with E-state index in [9.17, 15) is 0 Å². The SMILES string of the molecule is C1=CC=CC(c2cccc(-c3ccccc3)c2Nc2c(Nc3cccc(Oc4cccc(-n5ccnc5)c4)c3)ccc3ccccc23)=CC=1. The maximum absolute atomic E-state index is 6.34. The molecule has 6 aromatic carbocycles. The van der Waals surface area contributed by atoms with Gasteiger partial charge >= 0.3 is 0 Å². The number of nitrogens with zero attached hydrogens (tertiary/aromatic N) is 2. The van der Waals surface area contributed by atoms with Crippen LogP contribution in [0.3, 0.4) is 0 Å². The summed E-state index contributed by atoms with van der Waals surface area (Å²) in [6.07, 6.45) is 15.6. The Hall–Kier alpha value is -6.81. The van der Waals surface area contributed by atoms with Crippen LogP contribution in [0.25, 0.3) is 33.2 Å². The first kappa shape index (κ1) is 29.6. The Kier molecular flexibility index (Phi) is 8.15. The fourth-order valence-corrected chi connectivity index (χ4v) is 6.11. The van der Waals surface area contributed by atoms with Crippen LogP contribution in [0.2, 0.25) is 0 Å². The summed E-state index contributed by atoms with van der Waals surface area (Å²) in [5, 5.41) is 9.90. The fourth-order valence-electron chi connectivity index (χ4n) is 6.11. The van der Waals surface area contributed by atoms with Gasteiger partial charge in [-0.15, -0.1) is 5.73 Å². The zero-order valence-electron chi connectivity index (χ0n) is 26.6. The molecule has 0 radical (unpaired) electrons. The molecule has 1 aliphatic carbocycles. The molecule has 5 heteroatoms. The monoisotopic (exact) mass is 632 g/mol. The van der Waals surface area contributed by atoms with E-state index in [1.165, 1.54) is 0 Å². The highest BCUT2D eigenvalue weighted by molar-refractivity contribution is 6.05. The van der Waals surface area contributed by atoms with Gasteiger partial charge in [-0.3, -0.25) is 0 Å². The van der Waals surface area contributed by atoms with Crippen LogP contribution in [0.15, 0.2) is 188 Å². The average Bonchev–Trinajstić information content (AvgIpc) is 3.56. The molecule has 0 unspecified atom stereocenters. The van der Waals surface area contributed by atoms with Crippen LogP contribution in [-0.2, 0) is 0 Å². The summed E-state index contributed by atoms with van der Waals surface area (Å²) in [6.45, 7) is 0. The molecule has 0 amide bonds. The van der Waals surface area contributed by atoms with Crippen LogP contribution < -0.4 is 15.4 Å². The van der Waals surface area contributed by atoms with Crippen LogP contribution in [0.1, 0.15) is 5.56 Å². The lowest BCUT2D eigenvalue weighted by molar-refractivity contribution is 0.482. The molecule has 1 aromatic heterocycles. The maximum Gasteiger partial charge on any atom is 0.129 e. The Labute approximate surface area is 285 Å². The number of para-hydroxylation sites is 1. The van der Waals surface area contributed by atoms with Crippen LogP contribution in [0, 0.1) is 0 Å². The third-order valence-corrected chi connectivity index (χ3v) is 8.44. The van der Waals surface area contributed by atoms with E-state index in [0.29, 0.717) is 0 Å². The van der Waals surface area contributed by atoms with Gasteiger partial charge in [-0.2, -0.15) is 0 Å². The van der Waals surface area contributed by atoms with Crippen molar-refractivity contribution in [3.05, 3.63) is 194 Å². The standard InChI is InChI=1S/C44H32N4O/c1-2-5-14-32(13-4-1)39-23-12-24-40(33-15-6-3-7-16-33)43(39)47-44-41-22-9-8-17-34(41)25-26-42(44)46-35-18-10-20-37(29-35)49-38-21-11-19-36(30-38)48-28-27-45-31-48/h1,3-31,46-47H. The molecule has 0 bridgehead atoms. The quantitative estimate of drug-likeness (QED) is 0.156. The van der Waals surface area contributed by atoms with E-state index in [1.54, 1.807) is 12.5 Å². The minimum Gasteiger partial charge on any atom is -0.457 e. The van der Waals surface area contributed by atoms with Crippen LogP contribution in [-0.4, -0.2) is 9.55 Å². The van der Waals surface area contributed by atoms with Crippen molar-refractivity contribution in [2.75, 3.05) is 10.6 Å². The molecule has 49 heavy (non-hydrogen) atoms. The van der Waals surface area contributed by atoms with E-state index in [0.717, 1.165) is 73.0 Å². The Morgan fingerprint density at radius 3 is 2.37 bits per heavy atom. The van der Waals surface area contributed by atoms with E-state index in [2.05, 4.69) is 124 Å². The molecule has 7 aromatic rings. The second kappa shape index (κ2) is 13.5. The van der Waals surface area contributed by atoms with Crippen molar-refractivity contribution in [3.8, 4) is 28.3 Å². The van der Waals surface area contributed by atoms with Gasteiger partial charge in [0.15, 0.2) is 0 Å². The lowest BCUT2D eigenvalue weighted by Gasteiger charge is -2.22. The van der Waals surface area contributed by atoms with Crippen LogP contribution in [0.4, 0.5) is 22.7 Å². The highest BCUT2D eigenvalue weighted by Gasteiger charge is 2.17. The van der Waals surface area contributed by atoms with Crippen molar-refractivity contribution in [1.82, 2.24) is 9.55 Å². The molecule has 0 saturated carbocycles. The first-order valence-electron chi connectivity index (χ1n) is 16.2. The molecule has 1 aliphatic rings. The number of imidazole rings is 1. The van der Waals surface area contributed by atoms with Gasteiger partial charge in [-0.25, -0.2) is 4.98 Å². The zero-order chi connectivity index (χ0) is 32.8. The summed E-state index contributed by atoms with van der Waals surface area (Å²) in [4.78, 5) is 4.17. The van der Waals surface area contributed by atoms with E-state index in [1.807, 2.05) is 71.5 Å². The van der Waals surface area contributed by atoms with E-state index in [4.69, 9.17) is 4.74 Å². The number of anilines is 4. The third-order valence-electron chi connectivity index (χ3n) is 8.44. The van der Waals surface area contributed by atoms with Crippen molar-refractivity contribution < 1.29 is 4.74 Å². The van der Waals surface area contributed by atoms with Crippen molar-refractivity contribution in [2.45, 2.75) is 0 Å². The topological polar surface area (TPSA) is 51.1 Å². The number of benzene rings is 6. The molecule has 0 fully saturated rings. The van der Waals surface area contributed by atoms with Gasteiger partial charge in [0, 0.05) is 46.7 Å². The highest BCUT2D eigenvalue weighted by Crippen LogP contribution is 2.42. The third kappa shape index (κ3) is 6.43. The number of hydrogen-bond donors (Lipinski definition) is 2. The molecule has 0 saturated heterocycles. The Morgan fingerprint density at radius 1 is 0.653 bits per heavy atom. The maximum atomic E-state index is 6.34.